The van der Waals surface area contributed by atoms with Crippen molar-refractivity contribution in [3.05, 3.63) is 218 Å². The Kier molecular flexibility index (Phi) is 7.69. The van der Waals surface area contributed by atoms with Crippen molar-refractivity contribution >= 4 is 79.0 Å². The van der Waals surface area contributed by atoms with E-state index in [4.69, 9.17) is 0 Å². The second-order valence-electron chi connectivity index (χ2n) is 15.5. The Morgan fingerprint density at radius 2 is 0.883 bits per heavy atom. The lowest BCUT2D eigenvalue weighted by Gasteiger charge is -2.44. The summed E-state index contributed by atoms with van der Waals surface area (Å²) in [5.74, 6) is -1.19. The lowest BCUT2D eigenvalue weighted by atomic mass is 9.33. The van der Waals surface area contributed by atoms with Crippen molar-refractivity contribution in [3.8, 4) is 27.9 Å². The molecular weight excluding hydrogens is 739 g/mol. The van der Waals surface area contributed by atoms with E-state index in [0.29, 0.717) is 11.3 Å². The van der Waals surface area contributed by atoms with Gasteiger partial charge in [-0.25, -0.2) is 8.78 Å². The number of aromatic nitrogens is 1. The normalized spacial score (nSPS) is 12.7. The fraction of sp³-hybridized carbons (Fsp3) is 0. The minimum absolute atomic E-state index is 0.0242. The number of nitrogens with zero attached hydrogens (tertiary/aromatic N) is 3. The van der Waals surface area contributed by atoms with Gasteiger partial charge in [-0.3, -0.25) is 0 Å². The highest BCUT2D eigenvalue weighted by Crippen LogP contribution is 2.47. The highest BCUT2D eigenvalue weighted by Gasteiger charge is 2.43. The minimum Gasteiger partial charge on any atom is -0.311 e. The summed E-state index contributed by atoms with van der Waals surface area (Å²) in [5.41, 5.74) is 15.8. The topological polar surface area (TPSA) is 11.4 Å². The summed E-state index contributed by atoms with van der Waals surface area (Å²) >= 11 is 0. The van der Waals surface area contributed by atoms with Crippen LogP contribution in [0, 0.1) is 11.6 Å². The van der Waals surface area contributed by atoms with Crippen LogP contribution in [0.3, 0.4) is 0 Å². The van der Waals surface area contributed by atoms with E-state index >= 15 is 8.78 Å². The molecule has 1 aromatic heterocycles. The van der Waals surface area contributed by atoms with Crippen molar-refractivity contribution in [2.75, 3.05) is 9.80 Å². The van der Waals surface area contributed by atoms with E-state index in [1.54, 1.807) is 6.07 Å². The molecule has 0 radical (unpaired) electrons. The number of hydrogen-bond donors (Lipinski definition) is 0. The van der Waals surface area contributed by atoms with Crippen molar-refractivity contribution in [2.45, 2.75) is 0 Å². The predicted octanol–water partition coefficient (Wildman–Crippen LogP) is 12.5. The fourth-order valence-corrected chi connectivity index (χ4v) is 9.82. The van der Waals surface area contributed by atoms with Gasteiger partial charge < -0.3 is 14.4 Å². The van der Waals surface area contributed by atoms with Crippen molar-refractivity contribution in [3.63, 3.8) is 0 Å². The molecule has 0 saturated heterocycles. The summed E-state index contributed by atoms with van der Waals surface area (Å²) in [5, 5.41) is 2.10. The second kappa shape index (κ2) is 13.4. The number of anilines is 6. The quantitative estimate of drug-likeness (QED) is 0.161. The van der Waals surface area contributed by atoms with Crippen LogP contribution in [0.25, 0.3) is 49.7 Å². The summed E-state index contributed by atoms with van der Waals surface area (Å²) in [6.45, 7) is 0.0242. The molecule has 10 aromatic rings. The van der Waals surface area contributed by atoms with Gasteiger partial charge in [0.05, 0.1) is 22.3 Å². The summed E-state index contributed by atoms with van der Waals surface area (Å²) in [7, 11) is 0. The number of fused-ring (bicyclic) bond motifs is 7. The molecule has 9 aromatic carbocycles. The zero-order valence-corrected chi connectivity index (χ0v) is 32.3. The third-order valence-corrected chi connectivity index (χ3v) is 12.3. The van der Waals surface area contributed by atoms with E-state index in [0.717, 1.165) is 67.1 Å². The van der Waals surface area contributed by atoms with Gasteiger partial charge in [0.2, 0.25) is 0 Å². The average molecular weight is 774 g/mol. The van der Waals surface area contributed by atoms with Crippen molar-refractivity contribution in [1.29, 1.82) is 0 Å². The van der Waals surface area contributed by atoms with Gasteiger partial charge in [0.1, 0.15) is 11.6 Å². The monoisotopic (exact) mass is 773 g/mol. The van der Waals surface area contributed by atoms with E-state index in [1.165, 1.54) is 34.6 Å². The number of halogens is 2. The van der Waals surface area contributed by atoms with Gasteiger partial charge in [0.25, 0.3) is 6.71 Å². The Morgan fingerprint density at radius 3 is 1.52 bits per heavy atom. The van der Waals surface area contributed by atoms with Gasteiger partial charge in [0, 0.05) is 50.5 Å². The van der Waals surface area contributed by atoms with Crippen LogP contribution >= 0.6 is 0 Å². The van der Waals surface area contributed by atoms with E-state index < -0.39 is 11.6 Å². The molecule has 0 spiro atoms. The molecule has 0 unspecified atom stereocenters. The van der Waals surface area contributed by atoms with E-state index in [1.807, 2.05) is 24.3 Å². The zero-order valence-electron chi connectivity index (χ0n) is 32.3. The molecule has 6 heteroatoms. The smallest absolute Gasteiger partial charge is 0.252 e. The standard InChI is InChI=1S/C54H34BF2N3/c56-44-24-15-25-45(57)53(44)40-21-8-12-27-47(40)60-46-26-11-7-20-39(46)41-32-35(30-31-48(41)60)36-33-51-54-52(34-36)59(38-18-5-2-6-19-38)50-29-14-10-23-43(50)55(54)42-22-9-13-28-49(42)58(51)37-16-3-1-4-17-37/h1-34H. The Morgan fingerprint density at radius 1 is 0.367 bits per heavy atom. The number of benzene rings is 9. The molecule has 0 fully saturated rings. The van der Waals surface area contributed by atoms with E-state index in [-0.39, 0.29) is 12.3 Å². The van der Waals surface area contributed by atoms with Gasteiger partial charge in [0.15, 0.2) is 0 Å². The van der Waals surface area contributed by atoms with Gasteiger partial charge in [-0.1, -0.05) is 121 Å². The Hall–Kier alpha value is -7.70. The van der Waals surface area contributed by atoms with Crippen molar-refractivity contribution in [2.24, 2.45) is 0 Å². The predicted molar refractivity (Wildman–Crippen MR) is 246 cm³/mol. The molecule has 3 nitrogen and oxygen atoms in total. The van der Waals surface area contributed by atoms with Crippen LogP contribution in [0.5, 0.6) is 0 Å². The van der Waals surface area contributed by atoms with Crippen LogP contribution in [0.1, 0.15) is 0 Å². The summed E-state index contributed by atoms with van der Waals surface area (Å²) in [4.78, 5) is 4.85. The minimum atomic E-state index is -0.594. The molecule has 12 rings (SSSR count). The van der Waals surface area contributed by atoms with Gasteiger partial charge in [-0.05, 0) is 112 Å². The Labute approximate surface area is 346 Å². The highest BCUT2D eigenvalue weighted by molar-refractivity contribution is 7.00. The highest BCUT2D eigenvalue weighted by atomic mass is 19.1. The number of hydrogen-bond acceptors (Lipinski definition) is 2. The molecule has 0 N–H and O–H groups in total. The third kappa shape index (κ3) is 5.07. The molecule has 2 aliphatic heterocycles. The van der Waals surface area contributed by atoms with Crippen LogP contribution in [-0.2, 0) is 0 Å². The molecule has 0 saturated carbocycles. The maximum absolute atomic E-state index is 15.4. The second-order valence-corrected chi connectivity index (χ2v) is 15.5. The van der Waals surface area contributed by atoms with Gasteiger partial charge in [-0.2, -0.15) is 0 Å². The first-order chi connectivity index (χ1) is 29.6. The van der Waals surface area contributed by atoms with Gasteiger partial charge >= 0.3 is 0 Å². The first-order valence-electron chi connectivity index (χ1n) is 20.3. The average Bonchev–Trinajstić information content (AvgIpc) is 3.63. The molecule has 0 atom stereocenters. The Balaban J connectivity index is 1.13. The molecule has 3 heterocycles. The Bertz CT molecular complexity index is 3190. The summed E-state index contributed by atoms with van der Waals surface area (Å²) in [6, 6.07) is 70.1. The number of rotatable bonds is 5. The first-order valence-corrected chi connectivity index (χ1v) is 20.3. The lowest BCUT2D eigenvalue weighted by molar-refractivity contribution is 0.589. The maximum Gasteiger partial charge on any atom is 0.252 e. The van der Waals surface area contributed by atoms with Gasteiger partial charge in [-0.15, -0.1) is 0 Å². The van der Waals surface area contributed by atoms with Crippen LogP contribution < -0.4 is 26.2 Å². The molecule has 0 amide bonds. The largest absolute Gasteiger partial charge is 0.311 e. The summed E-state index contributed by atoms with van der Waals surface area (Å²) < 4.78 is 33.0. The fourth-order valence-electron chi connectivity index (χ4n) is 9.82. The zero-order chi connectivity index (χ0) is 39.9. The summed E-state index contributed by atoms with van der Waals surface area (Å²) in [6.07, 6.45) is 0. The molecule has 282 valence electrons. The first kappa shape index (κ1) is 34.4. The van der Waals surface area contributed by atoms with Crippen LogP contribution in [0.2, 0.25) is 0 Å². The molecule has 60 heavy (non-hydrogen) atoms. The SMILES string of the molecule is Fc1cccc(F)c1-c1ccccc1-n1c2ccccc2c2cc(-c3cc4c5c(c3)N(c3ccccc3)c3ccccc3B5c3ccccc3N4c3ccccc3)ccc21. The van der Waals surface area contributed by atoms with Crippen LogP contribution in [0.4, 0.5) is 42.9 Å². The third-order valence-electron chi connectivity index (χ3n) is 12.3. The molecule has 0 aliphatic carbocycles. The van der Waals surface area contributed by atoms with Crippen LogP contribution in [-0.4, -0.2) is 11.3 Å². The molecule has 0 bridgehead atoms. The van der Waals surface area contributed by atoms with E-state index in [9.17, 15) is 0 Å². The van der Waals surface area contributed by atoms with E-state index in [2.05, 4.69) is 172 Å². The molecule has 2 aliphatic rings. The molecular formula is C54H34BF2N3. The number of para-hydroxylation sites is 6. The van der Waals surface area contributed by atoms with Crippen LogP contribution in [0.15, 0.2) is 206 Å². The maximum atomic E-state index is 15.4. The van der Waals surface area contributed by atoms with Crippen molar-refractivity contribution < 1.29 is 8.78 Å². The lowest BCUT2D eigenvalue weighted by Crippen LogP contribution is -2.61. The van der Waals surface area contributed by atoms with Crippen molar-refractivity contribution in [1.82, 2.24) is 4.57 Å².